The van der Waals surface area contributed by atoms with Gasteiger partial charge in [0.25, 0.3) is 0 Å². The molecule has 6 unspecified atom stereocenters. The van der Waals surface area contributed by atoms with Crippen molar-refractivity contribution < 1.29 is 0 Å². The van der Waals surface area contributed by atoms with Crippen LogP contribution in [0.1, 0.15) is 26.7 Å². The quantitative estimate of drug-likeness (QED) is 0.637. The van der Waals surface area contributed by atoms with E-state index in [9.17, 15) is 0 Å². The van der Waals surface area contributed by atoms with Gasteiger partial charge in [-0.05, 0) is 118 Å². The number of hydrogen-bond acceptors (Lipinski definition) is 0. The molecule has 0 aromatic rings. The van der Waals surface area contributed by atoms with Crippen LogP contribution in [0, 0.1) is 106 Å². The Morgan fingerprint density at radius 3 is 1.09 bits per heavy atom. The van der Waals surface area contributed by atoms with Gasteiger partial charge in [0.2, 0.25) is 0 Å². The summed E-state index contributed by atoms with van der Waals surface area (Å²) in [5.41, 5.74) is 1.73. The van der Waals surface area contributed by atoms with Crippen molar-refractivity contribution in [1.29, 1.82) is 0 Å². The van der Waals surface area contributed by atoms with Crippen molar-refractivity contribution >= 4 is 0 Å². The van der Waals surface area contributed by atoms with E-state index in [1.165, 1.54) is 94.7 Å². The lowest BCUT2D eigenvalue weighted by Gasteiger charge is -2.43. The average Bonchev–Trinajstić information content (AvgIpc) is 3.16. The molecule has 10 rings (SSSR count). The first-order valence-electron chi connectivity index (χ1n) is 10.7. The molecule has 0 saturated heterocycles. The third kappa shape index (κ3) is 0.501. The van der Waals surface area contributed by atoms with Crippen LogP contribution in [0.3, 0.4) is 0 Å². The van der Waals surface area contributed by atoms with E-state index < -0.39 is 0 Å². The number of hydrogen-bond donors (Lipinski definition) is 0. The van der Waals surface area contributed by atoms with Gasteiger partial charge in [-0.1, -0.05) is 13.8 Å². The van der Waals surface area contributed by atoms with Crippen LogP contribution in [-0.2, 0) is 0 Å². The lowest BCUT2D eigenvalue weighted by Crippen LogP contribution is -2.39. The molecule has 0 radical (unpaired) electrons. The molecule has 0 amide bonds. The first-order valence-corrected chi connectivity index (χ1v) is 10.7. The Hall–Kier alpha value is 0. The van der Waals surface area contributed by atoms with Crippen molar-refractivity contribution in [3.05, 3.63) is 0 Å². The highest BCUT2D eigenvalue weighted by Gasteiger charge is 2.97. The summed E-state index contributed by atoms with van der Waals surface area (Å²) < 4.78 is 0. The summed E-state index contributed by atoms with van der Waals surface area (Å²) in [5, 5.41) is 0. The molecule has 10 aliphatic carbocycles. The fourth-order valence-electron chi connectivity index (χ4n) is 15.5. The van der Waals surface area contributed by atoms with Gasteiger partial charge in [-0.15, -0.1) is 0 Å². The van der Waals surface area contributed by atoms with Crippen molar-refractivity contribution in [2.45, 2.75) is 26.7 Å². The Morgan fingerprint density at radius 1 is 0.455 bits per heavy atom. The molecule has 0 nitrogen and oxygen atoms in total. The van der Waals surface area contributed by atoms with Crippen molar-refractivity contribution in [2.75, 3.05) is 0 Å². The molecule has 0 bridgehead atoms. The molecule has 22 heavy (non-hydrogen) atoms. The topological polar surface area (TPSA) is 0 Å². The van der Waals surface area contributed by atoms with Crippen molar-refractivity contribution in [3.63, 3.8) is 0 Å². The largest absolute Gasteiger partial charge is 0.0588 e. The summed E-state index contributed by atoms with van der Waals surface area (Å²) in [6, 6.07) is 0. The van der Waals surface area contributed by atoms with Gasteiger partial charge in [-0.25, -0.2) is 0 Å². The molecule has 0 N–H and O–H groups in total. The summed E-state index contributed by atoms with van der Waals surface area (Å²) >= 11 is 0. The van der Waals surface area contributed by atoms with Crippen molar-refractivity contribution in [3.8, 4) is 0 Å². The molecule has 10 aliphatic rings. The van der Waals surface area contributed by atoms with Gasteiger partial charge in [0.1, 0.15) is 0 Å². The second-order valence-corrected chi connectivity index (χ2v) is 12.5. The Balaban J connectivity index is 1.50. The molecule has 0 heteroatoms. The van der Waals surface area contributed by atoms with Crippen LogP contribution in [0.5, 0.6) is 0 Å². The Bertz CT molecular complexity index is 624. The van der Waals surface area contributed by atoms with Gasteiger partial charge < -0.3 is 0 Å². The van der Waals surface area contributed by atoms with Gasteiger partial charge in [0, 0.05) is 0 Å². The maximum Gasteiger partial charge on any atom is -0.0224 e. The summed E-state index contributed by atoms with van der Waals surface area (Å²) in [6.07, 6.45) is 3.46. The second kappa shape index (κ2) is 2.19. The highest BCUT2D eigenvalue weighted by Crippen LogP contribution is 3.01. The predicted octanol–water partition coefficient (Wildman–Crippen LogP) is 3.77. The Kier molecular flexibility index (Phi) is 1.00. The monoisotopic (exact) mass is 290 g/mol. The zero-order valence-electron chi connectivity index (χ0n) is 13.7. The summed E-state index contributed by atoms with van der Waals surface area (Å²) in [7, 11) is 0. The first-order chi connectivity index (χ1) is 10.7. The Labute approximate surface area is 132 Å². The van der Waals surface area contributed by atoms with Crippen LogP contribution in [0.4, 0.5) is 0 Å². The average molecular weight is 290 g/mol. The van der Waals surface area contributed by atoms with E-state index in [1.807, 2.05) is 0 Å². The molecule has 0 spiro atoms. The van der Waals surface area contributed by atoms with Gasteiger partial charge in [0.05, 0.1) is 0 Å². The van der Waals surface area contributed by atoms with Crippen LogP contribution in [0.25, 0.3) is 0 Å². The van der Waals surface area contributed by atoms with Crippen LogP contribution in [0.15, 0.2) is 0 Å². The molecule has 18 atom stereocenters. The summed E-state index contributed by atoms with van der Waals surface area (Å²) in [5.74, 6) is 19.9. The molecular formula is C22H26. The molecule has 0 aromatic carbocycles. The van der Waals surface area contributed by atoms with Crippen LogP contribution in [-0.4, -0.2) is 0 Å². The van der Waals surface area contributed by atoms with E-state index in [1.54, 1.807) is 12.8 Å². The van der Waals surface area contributed by atoms with E-state index in [4.69, 9.17) is 0 Å². The normalized spacial score (nSPS) is 98.5. The van der Waals surface area contributed by atoms with E-state index in [-0.39, 0.29) is 0 Å². The van der Waals surface area contributed by atoms with Crippen LogP contribution < -0.4 is 0 Å². The van der Waals surface area contributed by atoms with Crippen LogP contribution in [0.2, 0.25) is 0 Å². The SMILES string of the molecule is CC12C3[C@H]4C[C@H]5C6[C@@H]7C[C@@H]3[C@H]3[C@H]7[C@H]7C(C8[C@@H]1[C@H]4[C@H]5[C@@H]8C67C)[C@H]32. The Morgan fingerprint density at radius 2 is 0.773 bits per heavy atom. The minimum atomic E-state index is 0.863. The van der Waals surface area contributed by atoms with E-state index >= 15 is 0 Å². The summed E-state index contributed by atoms with van der Waals surface area (Å²) in [4.78, 5) is 0. The molecular weight excluding hydrogens is 264 g/mol. The standard InChI is InChI=1S/C22H26/c1-21-15-5-3-7-11-9(5)17(21)13-14-18(21)10-6(15)4-8-12(10)20(14)22(2,16(7)8)19(11)13/h5-20H,3-4H2,1-2H3/t5-,6-,7-,8+,9+,10+,11+,12-,13?,14?,15?,16?,17+,18+,19+,20+,21?,22?/m1/s1. The van der Waals surface area contributed by atoms with E-state index in [0.29, 0.717) is 0 Å². The number of rotatable bonds is 0. The van der Waals surface area contributed by atoms with Crippen LogP contribution >= 0.6 is 0 Å². The molecule has 114 valence electrons. The molecule has 0 aromatic heterocycles. The first kappa shape index (κ1) is 10.1. The third-order valence-corrected chi connectivity index (χ3v) is 13.9. The smallest absolute Gasteiger partial charge is 0.0224 e. The minimum Gasteiger partial charge on any atom is -0.0588 e. The number of fused-ring (bicyclic) bond motifs is 4. The van der Waals surface area contributed by atoms with Gasteiger partial charge in [-0.2, -0.15) is 0 Å². The highest BCUT2D eigenvalue weighted by molar-refractivity contribution is 5.44. The van der Waals surface area contributed by atoms with E-state index in [2.05, 4.69) is 13.8 Å². The molecule has 0 heterocycles. The molecule has 10 fully saturated rings. The van der Waals surface area contributed by atoms with Gasteiger partial charge in [0.15, 0.2) is 0 Å². The molecule has 10 saturated carbocycles. The predicted molar refractivity (Wildman–Crippen MR) is 81.3 cm³/mol. The van der Waals surface area contributed by atoms with Gasteiger partial charge in [-0.3, -0.25) is 0 Å². The second-order valence-electron chi connectivity index (χ2n) is 12.5. The zero-order valence-corrected chi connectivity index (χ0v) is 13.7. The fourth-order valence-corrected chi connectivity index (χ4v) is 15.5. The van der Waals surface area contributed by atoms with Crippen molar-refractivity contribution in [2.24, 2.45) is 106 Å². The maximum atomic E-state index is 2.88. The van der Waals surface area contributed by atoms with E-state index in [0.717, 1.165) is 10.8 Å². The molecule has 0 aliphatic heterocycles. The minimum absolute atomic E-state index is 0.863. The van der Waals surface area contributed by atoms with Crippen molar-refractivity contribution in [1.82, 2.24) is 0 Å². The third-order valence-electron chi connectivity index (χ3n) is 13.9. The fraction of sp³-hybridized carbons (Fsp3) is 1.00. The van der Waals surface area contributed by atoms with Gasteiger partial charge >= 0.3 is 0 Å². The lowest BCUT2D eigenvalue weighted by molar-refractivity contribution is 0.0391. The maximum absolute atomic E-state index is 2.88. The lowest BCUT2D eigenvalue weighted by atomic mass is 9.61. The summed E-state index contributed by atoms with van der Waals surface area (Å²) in [6.45, 7) is 5.76. The highest BCUT2D eigenvalue weighted by atomic mass is 15.0. The zero-order chi connectivity index (χ0) is 13.7.